The minimum absolute atomic E-state index is 0.107. The van der Waals surface area contributed by atoms with Gasteiger partial charge < -0.3 is 10.6 Å². The second-order valence-electron chi connectivity index (χ2n) is 3.46. The van der Waals surface area contributed by atoms with E-state index in [1.165, 1.54) is 0 Å². The maximum absolute atomic E-state index is 11.4. The number of nitrogens with zero attached hydrogens (tertiary/aromatic N) is 1. The lowest BCUT2D eigenvalue weighted by molar-refractivity contribution is -0.122. The Morgan fingerprint density at radius 1 is 1.36 bits per heavy atom. The van der Waals surface area contributed by atoms with Gasteiger partial charge in [-0.3, -0.25) is 9.69 Å². The van der Waals surface area contributed by atoms with Gasteiger partial charge in [-0.05, 0) is 27.1 Å². The van der Waals surface area contributed by atoms with Gasteiger partial charge in [0.2, 0.25) is 5.91 Å². The predicted octanol–water partition coefficient (Wildman–Crippen LogP) is 0.0523. The monoisotopic (exact) mass is 201 g/mol. The Balaban J connectivity index is 3.64. The summed E-state index contributed by atoms with van der Waals surface area (Å²) in [5, 5.41) is 5.96. The number of nitrogens with one attached hydrogen (secondary N) is 2. The summed E-state index contributed by atoms with van der Waals surface area (Å²) in [4.78, 5) is 13.5. The van der Waals surface area contributed by atoms with Crippen molar-refractivity contribution in [1.82, 2.24) is 15.5 Å². The van der Waals surface area contributed by atoms with Crippen molar-refractivity contribution in [3.05, 3.63) is 0 Å². The average Bonchev–Trinajstić information content (AvgIpc) is 2.22. The molecule has 0 fully saturated rings. The van der Waals surface area contributed by atoms with Crippen molar-refractivity contribution in [2.24, 2.45) is 0 Å². The van der Waals surface area contributed by atoms with E-state index in [0.29, 0.717) is 19.1 Å². The minimum atomic E-state index is 0.107. The van der Waals surface area contributed by atoms with Crippen LogP contribution in [0.15, 0.2) is 0 Å². The van der Waals surface area contributed by atoms with Crippen LogP contribution in [0.5, 0.6) is 0 Å². The fourth-order valence-electron chi connectivity index (χ4n) is 1.08. The zero-order valence-electron chi connectivity index (χ0n) is 9.76. The molecule has 0 heterocycles. The number of rotatable bonds is 7. The topological polar surface area (TPSA) is 44.4 Å². The molecule has 0 aliphatic carbocycles. The maximum Gasteiger partial charge on any atom is 0.234 e. The second kappa shape index (κ2) is 7.76. The summed E-state index contributed by atoms with van der Waals surface area (Å²) in [5.74, 6) is 0.107. The van der Waals surface area contributed by atoms with Gasteiger partial charge in [0.05, 0.1) is 6.54 Å². The van der Waals surface area contributed by atoms with Gasteiger partial charge in [0.25, 0.3) is 0 Å². The van der Waals surface area contributed by atoms with Crippen LogP contribution in [0.3, 0.4) is 0 Å². The Labute approximate surface area is 87.0 Å². The SMILES string of the molecule is CCN(CC)CC(=O)NCC(C)NC. The van der Waals surface area contributed by atoms with E-state index in [9.17, 15) is 4.79 Å². The molecule has 0 rings (SSSR count). The summed E-state index contributed by atoms with van der Waals surface area (Å²) < 4.78 is 0. The lowest BCUT2D eigenvalue weighted by Gasteiger charge is -2.18. The number of carbonyl (C=O) groups is 1. The molecule has 0 spiro atoms. The first-order chi connectivity index (χ1) is 6.63. The van der Waals surface area contributed by atoms with Gasteiger partial charge >= 0.3 is 0 Å². The first kappa shape index (κ1) is 13.4. The molecule has 14 heavy (non-hydrogen) atoms. The molecule has 0 bridgehead atoms. The number of hydrogen-bond acceptors (Lipinski definition) is 3. The van der Waals surface area contributed by atoms with E-state index in [1.54, 1.807) is 0 Å². The summed E-state index contributed by atoms with van der Waals surface area (Å²) in [6, 6.07) is 0.329. The van der Waals surface area contributed by atoms with Gasteiger partial charge in [-0.15, -0.1) is 0 Å². The van der Waals surface area contributed by atoms with E-state index >= 15 is 0 Å². The first-order valence-corrected chi connectivity index (χ1v) is 5.30. The van der Waals surface area contributed by atoms with Crippen molar-refractivity contribution in [3.8, 4) is 0 Å². The highest BCUT2D eigenvalue weighted by molar-refractivity contribution is 5.78. The molecule has 0 saturated carbocycles. The van der Waals surface area contributed by atoms with Gasteiger partial charge in [-0.1, -0.05) is 13.8 Å². The molecule has 0 aromatic carbocycles. The highest BCUT2D eigenvalue weighted by Gasteiger charge is 2.07. The number of hydrogen-bond donors (Lipinski definition) is 2. The number of carbonyl (C=O) groups excluding carboxylic acids is 1. The summed E-state index contributed by atoms with van der Waals surface area (Å²) in [7, 11) is 1.89. The molecule has 1 atom stereocenters. The number of amides is 1. The van der Waals surface area contributed by atoms with Crippen LogP contribution in [0.4, 0.5) is 0 Å². The van der Waals surface area contributed by atoms with Crippen molar-refractivity contribution in [2.45, 2.75) is 26.8 Å². The van der Waals surface area contributed by atoms with Gasteiger partial charge in [0.1, 0.15) is 0 Å². The van der Waals surface area contributed by atoms with E-state index in [-0.39, 0.29) is 5.91 Å². The van der Waals surface area contributed by atoms with E-state index in [1.807, 2.05) is 14.0 Å². The summed E-state index contributed by atoms with van der Waals surface area (Å²) >= 11 is 0. The average molecular weight is 201 g/mol. The normalized spacial score (nSPS) is 12.9. The Morgan fingerprint density at radius 3 is 2.36 bits per heavy atom. The molecule has 2 N–H and O–H groups in total. The first-order valence-electron chi connectivity index (χ1n) is 5.30. The van der Waals surface area contributed by atoms with Crippen LogP contribution in [0.1, 0.15) is 20.8 Å². The third-order valence-electron chi connectivity index (χ3n) is 2.36. The third kappa shape index (κ3) is 5.94. The standard InChI is InChI=1S/C10H23N3O/c1-5-13(6-2)8-10(14)12-7-9(3)11-4/h9,11H,5-8H2,1-4H3,(H,12,14). The van der Waals surface area contributed by atoms with Crippen molar-refractivity contribution in [2.75, 3.05) is 33.2 Å². The van der Waals surface area contributed by atoms with E-state index in [0.717, 1.165) is 13.1 Å². The minimum Gasteiger partial charge on any atom is -0.353 e. The molecule has 84 valence electrons. The van der Waals surface area contributed by atoms with Gasteiger partial charge in [-0.2, -0.15) is 0 Å². The lowest BCUT2D eigenvalue weighted by Crippen LogP contribution is -2.42. The second-order valence-corrected chi connectivity index (χ2v) is 3.46. The van der Waals surface area contributed by atoms with Gasteiger partial charge in [0, 0.05) is 12.6 Å². The highest BCUT2D eigenvalue weighted by atomic mass is 16.2. The van der Waals surface area contributed by atoms with Crippen LogP contribution in [0, 0.1) is 0 Å². The molecule has 0 saturated heterocycles. The highest BCUT2D eigenvalue weighted by Crippen LogP contribution is 1.86. The van der Waals surface area contributed by atoms with E-state index < -0.39 is 0 Å². The van der Waals surface area contributed by atoms with Crippen LogP contribution in [0.2, 0.25) is 0 Å². The van der Waals surface area contributed by atoms with Crippen molar-refractivity contribution in [3.63, 3.8) is 0 Å². The van der Waals surface area contributed by atoms with E-state index in [4.69, 9.17) is 0 Å². The smallest absolute Gasteiger partial charge is 0.234 e. The van der Waals surface area contributed by atoms with Crippen molar-refractivity contribution in [1.29, 1.82) is 0 Å². The van der Waals surface area contributed by atoms with Gasteiger partial charge in [0.15, 0.2) is 0 Å². The Bertz CT molecular complexity index is 157. The third-order valence-corrected chi connectivity index (χ3v) is 2.36. The van der Waals surface area contributed by atoms with Crippen LogP contribution in [0.25, 0.3) is 0 Å². The fraction of sp³-hybridized carbons (Fsp3) is 0.900. The molecular weight excluding hydrogens is 178 g/mol. The van der Waals surface area contributed by atoms with Crippen LogP contribution >= 0.6 is 0 Å². The molecule has 0 aromatic rings. The van der Waals surface area contributed by atoms with Crippen molar-refractivity contribution < 1.29 is 4.79 Å². The predicted molar refractivity (Wildman–Crippen MR) is 59.3 cm³/mol. The molecule has 1 amide bonds. The quantitative estimate of drug-likeness (QED) is 0.612. The summed E-state index contributed by atoms with van der Waals surface area (Å²) in [5.41, 5.74) is 0. The molecule has 0 aliphatic heterocycles. The van der Waals surface area contributed by atoms with E-state index in [2.05, 4.69) is 29.4 Å². The Hall–Kier alpha value is -0.610. The summed E-state index contributed by atoms with van der Waals surface area (Å²) in [6.07, 6.45) is 0. The molecule has 0 aromatic heterocycles. The molecule has 4 heteroatoms. The van der Waals surface area contributed by atoms with Gasteiger partial charge in [-0.25, -0.2) is 0 Å². The largest absolute Gasteiger partial charge is 0.353 e. The number of likely N-dealkylation sites (N-methyl/N-ethyl adjacent to an activating group) is 2. The Kier molecular flexibility index (Phi) is 7.42. The molecule has 4 nitrogen and oxygen atoms in total. The molecule has 0 aliphatic rings. The zero-order valence-corrected chi connectivity index (χ0v) is 9.76. The van der Waals surface area contributed by atoms with Crippen LogP contribution < -0.4 is 10.6 Å². The lowest BCUT2D eigenvalue weighted by atomic mass is 10.3. The van der Waals surface area contributed by atoms with Crippen LogP contribution in [-0.2, 0) is 4.79 Å². The molecule has 0 radical (unpaired) electrons. The fourth-order valence-corrected chi connectivity index (χ4v) is 1.08. The maximum atomic E-state index is 11.4. The zero-order chi connectivity index (χ0) is 11.0. The molecule has 1 unspecified atom stereocenters. The van der Waals surface area contributed by atoms with Crippen molar-refractivity contribution >= 4 is 5.91 Å². The molecular formula is C10H23N3O. The summed E-state index contributed by atoms with van der Waals surface area (Å²) in [6.45, 7) is 9.20. The Morgan fingerprint density at radius 2 is 1.93 bits per heavy atom. The van der Waals surface area contributed by atoms with Crippen LogP contribution in [-0.4, -0.2) is 50.1 Å².